The summed E-state index contributed by atoms with van der Waals surface area (Å²) in [5.74, 6) is 0.988. The number of hydrogen-bond donors (Lipinski definition) is 1. The molecule has 2 rings (SSSR count). The predicted octanol–water partition coefficient (Wildman–Crippen LogP) is 1.01. The van der Waals surface area contributed by atoms with Crippen LogP contribution in [0.3, 0.4) is 0 Å². The fraction of sp³-hybridized carbons (Fsp3) is 0.571. The maximum Gasteiger partial charge on any atom is 0.202 e. The average molecular weight is 137 g/mol. The summed E-state index contributed by atoms with van der Waals surface area (Å²) in [4.78, 5) is 9.42. The van der Waals surface area contributed by atoms with Gasteiger partial charge in [-0.3, -0.25) is 0 Å². The number of H-pyrrole nitrogens is 1. The van der Waals surface area contributed by atoms with E-state index in [0.29, 0.717) is 0 Å². The molecule has 0 radical (unpaired) electrons. The normalized spacial score (nSPS) is 17.3. The van der Waals surface area contributed by atoms with Crippen molar-refractivity contribution < 1.29 is 0 Å². The molecule has 1 fully saturated rings. The van der Waals surface area contributed by atoms with Gasteiger partial charge >= 0.3 is 0 Å². The Labute approximate surface area is 60.1 Å². The van der Waals surface area contributed by atoms with Gasteiger partial charge in [0.05, 0.1) is 0 Å². The number of anilines is 1. The van der Waals surface area contributed by atoms with Gasteiger partial charge in [0.1, 0.15) is 0 Å². The van der Waals surface area contributed by atoms with Crippen LogP contribution in [0.5, 0.6) is 0 Å². The summed E-state index contributed by atoms with van der Waals surface area (Å²) in [6.45, 7) is 0. The van der Waals surface area contributed by atoms with E-state index in [0.717, 1.165) is 12.0 Å². The molecule has 0 unspecified atom stereocenters. The lowest BCUT2D eigenvalue weighted by molar-refractivity contribution is 0.876. The first-order valence-electron chi connectivity index (χ1n) is 3.60. The van der Waals surface area contributed by atoms with E-state index >= 15 is 0 Å². The molecule has 1 N–H and O–H groups in total. The van der Waals surface area contributed by atoms with Gasteiger partial charge in [-0.25, -0.2) is 4.98 Å². The predicted molar refractivity (Wildman–Crippen MR) is 40.0 cm³/mol. The van der Waals surface area contributed by atoms with Crippen molar-refractivity contribution >= 4 is 5.95 Å². The van der Waals surface area contributed by atoms with Crippen LogP contribution >= 0.6 is 0 Å². The highest BCUT2D eigenvalue weighted by Gasteiger charge is 2.27. The number of nitrogens with zero attached hydrogens (tertiary/aromatic N) is 2. The molecule has 54 valence electrons. The van der Waals surface area contributed by atoms with Crippen LogP contribution in [0.4, 0.5) is 5.95 Å². The highest BCUT2D eigenvalue weighted by atomic mass is 15.3. The summed E-state index contributed by atoms with van der Waals surface area (Å²) in [5.41, 5.74) is 0. The molecule has 3 heteroatoms. The zero-order chi connectivity index (χ0) is 6.97. The van der Waals surface area contributed by atoms with Crippen molar-refractivity contribution in [2.45, 2.75) is 18.9 Å². The molecule has 10 heavy (non-hydrogen) atoms. The van der Waals surface area contributed by atoms with Crippen molar-refractivity contribution in [3.05, 3.63) is 12.4 Å². The Kier molecular flexibility index (Phi) is 1.16. The summed E-state index contributed by atoms with van der Waals surface area (Å²) in [6, 6.07) is 0.742. The quantitative estimate of drug-likeness (QED) is 0.659. The summed E-state index contributed by atoms with van der Waals surface area (Å²) >= 11 is 0. The van der Waals surface area contributed by atoms with Gasteiger partial charge in [0.15, 0.2) is 0 Å². The van der Waals surface area contributed by atoms with Gasteiger partial charge in [-0.05, 0) is 12.8 Å². The summed E-state index contributed by atoms with van der Waals surface area (Å²) in [7, 11) is 2.08. The third-order valence-corrected chi connectivity index (χ3v) is 1.91. The van der Waals surface area contributed by atoms with E-state index in [2.05, 4.69) is 21.9 Å². The van der Waals surface area contributed by atoms with Gasteiger partial charge in [-0.1, -0.05) is 0 Å². The van der Waals surface area contributed by atoms with Gasteiger partial charge in [-0.2, -0.15) is 0 Å². The molecule has 0 aromatic carbocycles. The van der Waals surface area contributed by atoms with E-state index in [1.165, 1.54) is 12.8 Å². The van der Waals surface area contributed by atoms with Crippen molar-refractivity contribution in [1.82, 2.24) is 9.97 Å². The van der Waals surface area contributed by atoms with Crippen LogP contribution < -0.4 is 4.90 Å². The number of nitrogens with one attached hydrogen (secondary N) is 1. The Morgan fingerprint density at radius 1 is 1.70 bits per heavy atom. The Bertz CT molecular complexity index is 201. The minimum Gasteiger partial charge on any atom is -0.343 e. The van der Waals surface area contributed by atoms with Crippen LogP contribution in [0.25, 0.3) is 0 Å². The number of aromatic amines is 1. The lowest BCUT2D eigenvalue weighted by Crippen LogP contribution is -2.20. The molecule has 3 nitrogen and oxygen atoms in total. The second kappa shape index (κ2) is 2.01. The number of imidazole rings is 1. The molecular weight excluding hydrogens is 126 g/mol. The Hall–Kier alpha value is -0.990. The number of aromatic nitrogens is 2. The summed E-state index contributed by atoms with van der Waals surface area (Å²) < 4.78 is 0. The second-order valence-corrected chi connectivity index (χ2v) is 2.75. The van der Waals surface area contributed by atoms with Crippen molar-refractivity contribution in [2.75, 3.05) is 11.9 Å². The van der Waals surface area contributed by atoms with Crippen LogP contribution in [0.1, 0.15) is 12.8 Å². The zero-order valence-corrected chi connectivity index (χ0v) is 6.04. The third-order valence-electron chi connectivity index (χ3n) is 1.91. The monoisotopic (exact) mass is 137 g/mol. The van der Waals surface area contributed by atoms with E-state index in [1.807, 2.05) is 6.20 Å². The largest absolute Gasteiger partial charge is 0.343 e. The molecule has 1 aromatic rings. The second-order valence-electron chi connectivity index (χ2n) is 2.75. The van der Waals surface area contributed by atoms with Crippen molar-refractivity contribution in [3.8, 4) is 0 Å². The first kappa shape index (κ1) is 5.77. The number of hydrogen-bond acceptors (Lipinski definition) is 2. The van der Waals surface area contributed by atoms with E-state index in [4.69, 9.17) is 0 Å². The molecule has 1 aromatic heterocycles. The van der Waals surface area contributed by atoms with E-state index in [1.54, 1.807) is 6.20 Å². The van der Waals surface area contributed by atoms with Crippen molar-refractivity contribution in [2.24, 2.45) is 0 Å². The minimum atomic E-state index is 0.742. The Morgan fingerprint density at radius 3 is 3.00 bits per heavy atom. The molecule has 1 saturated carbocycles. The fourth-order valence-corrected chi connectivity index (χ4v) is 1.08. The maximum atomic E-state index is 4.15. The minimum absolute atomic E-state index is 0.742. The van der Waals surface area contributed by atoms with Crippen LogP contribution in [-0.4, -0.2) is 23.1 Å². The topological polar surface area (TPSA) is 31.9 Å². The first-order chi connectivity index (χ1) is 4.88. The molecule has 0 saturated heterocycles. The van der Waals surface area contributed by atoms with Gasteiger partial charge in [0.25, 0.3) is 0 Å². The van der Waals surface area contributed by atoms with Gasteiger partial charge in [0.2, 0.25) is 5.95 Å². The lowest BCUT2D eigenvalue weighted by Gasteiger charge is -2.13. The van der Waals surface area contributed by atoms with Crippen LogP contribution in [-0.2, 0) is 0 Å². The van der Waals surface area contributed by atoms with Crippen molar-refractivity contribution in [3.63, 3.8) is 0 Å². The summed E-state index contributed by atoms with van der Waals surface area (Å²) in [6.07, 6.45) is 6.27. The van der Waals surface area contributed by atoms with E-state index in [-0.39, 0.29) is 0 Å². The summed E-state index contributed by atoms with van der Waals surface area (Å²) in [5, 5.41) is 0. The molecule has 0 amide bonds. The van der Waals surface area contributed by atoms with Gasteiger partial charge in [0, 0.05) is 25.5 Å². The SMILES string of the molecule is CN(c1ncc[nH]1)C1CC1. The standard InChI is InChI=1S/C7H11N3/c1-10(6-2-3-6)7-8-4-5-9-7/h4-6H,2-3H2,1H3,(H,8,9). The van der Waals surface area contributed by atoms with E-state index < -0.39 is 0 Å². The highest BCUT2D eigenvalue weighted by Crippen LogP contribution is 2.27. The van der Waals surface area contributed by atoms with E-state index in [9.17, 15) is 0 Å². The fourth-order valence-electron chi connectivity index (χ4n) is 1.08. The Balaban J connectivity index is 2.11. The maximum absolute atomic E-state index is 4.15. The zero-order valence-electron chi connectivity index (χ0n) is 6.04. The highest BCUT2D eigenvalue weighted by molar-refractivity contribution is 5.31. The molecule has 0 spiro atoms. The van der Waals surface area contributed by atoms with Crippen LogP contribution in [0, 0.1) is 0 Å². The molecule has 1 heterocycles. The van der Waals surface area contributed by atoms with Gasteiger partial charge < -0.3 is 9.88 Å². The van der Waals surface area contributed by atoms with Crippen molar-refractivity contribution in [1.29, 1.82) is 0 Å². The molecule has 0 bridgehead atoms. The molecular formula is C7H11N3. The molecule has 0 aliphatic heterocycles. The lowest BCUT2D eigenvalue weighted by atomic mass is 10.6. The molecule has 1 aliphatic rings. The molecule has 0 atom stereocenters. The average Bonchev–Trinajstić information content (AvgIpc) is 2.65. The smallest absolute Gasteiger partial charge is 0.202 e. The Morgan fingerprint density at radius 2 is 2.50 bits per heavy atom. The third kappa shape index (κ3) is 0.875. The van der Waals surface area contributed by atoms with Crippen LogP contribution in [0.2, 0.25) is 0 Å². The first-order valence-corrected chi connectivity index (χ1v) is 3.60. The van der Waals surface area contributed by atoms with Gasteiger partial charge in [-0.15, -0.1) is 0 Å². The molecule has 1 aliphatic carbocycles. The number of rotatable bonds is 2. The van der Waals surface area contributed by atoms with Crippen LogP contribution in [0.15, 0.2) is 12.4 Å².